The summed E-state index contributed by atoms with van der Waals surface area (Å²) in [4.78, 5) is 0. The van der Waals surface area contributed by atoms with Crippen LogP contribution >= 0.6 is 7.92 Å². The molecule has 0 saturated carbocycles. The summed E-state index contributed by atoms with van der Waals surface area (Å²) in [7, 11) is 0.0162. The normalized spacial score (nSPS) is 13.7. The molecule has 0 bridgehead atoms. The molecule has 1 rings (SSSR count). The zero-order chi connectivity index (χ0) is 16.6. The van der Waals surface area contributed by atoms with Crippen molar-refractivity contribution in [1.29, 1.82) is 0 Å². The van der Waals surface area contributed by atoms with Crippen LogP contribution in [0.1, 0.15) is 62.3 Å². The third-order valence-corrected chi connectivity index (χ3v) is 6.59. The minimum Gasteiger partial charge on any atom is -0.0767 e. The molecule has 1 aliphatic rings. The molecule has 1 aliphatic carbocycles. The van der Waals surface area contributed by atoms with Crippen LogP contribution in [0.2, 0.25) is 0 Å². The van der Waals surface area contributed by atoms with Gasteiger partial charge in [-0.25, -0.2) is 0 Å². The molecule has 0 saturated heterocycles. The van der Waals surface area contributed by atoms with E-state index in [1.54, 1.807) is 0 Å². The summed E-state index contributed by atoms with van der Waals surface area (Å²) in [6.45, 7) is 26.0. The molecule has 3 heteroatoms. The number of hydrogen-bond donors (Lipinski definition) is 0. The molecule has 0 spiro atoms. The van der Waals surface area contributed by atoms with Crippen LogP contribution in [0.15, 0.2) is 24.3 Å². The Hall–Kier alpha value is 0.273. The molecule has 0 aromatic heterocycles. The number of hydrogen-bond acceptors (Lipinski definition) is 0. The fourth-order valence-electron chi connectivity index (χ4n) is 3.34. The molecule has 0 atom stereocenters. The van der Waals surface area contributed by atoms with E-state index in [9.17, 15) is 0 Å². The Morgan fingerprint density at radius 2 is 0.857 bits per heavy atom. The predicted molar refractivity (Wildman–Crippen MR) is 92.7 cm³/mol. The van der Waals surface area contributed by atoms with E-state index in [4.69, 9.17) is 4.65 Å². The second kappa shape index (κ2) is 10.9. The first-order valence-electron chi connectivity index (χ1n) is 7.04. The summed E-state index contributed by atoms with van der Waals surface area (Å²) >= 11 is 0. The van der Waals surface area contributed by atoms with Gasteiger partial charge < -0.3 is 0 Å². The zero-order valence-corrected chi connectivity index (χ0v) is 17.6. The molecule has 21 heavy (non-hydrogen) atoms. The van der Waals surface area contributed by atoms with Gasteiger partial charge in [-0.1, -0.05) is 94.5 Å². The van der Waals surface area contributed by atoms with Gasteiger partial charge in [0.2, 0.25) is 0 Å². The molecule has 0 fully saturated rings. The maximum Gasteiger partial charge on any atom is 0.00506 e. The molecule has 0 amide bonds. The van der Waals surface area contributed by atoms with E-state index in [2.05, 4.69) is 69.0 Å². The molecular weight excluding hydrogens is 366 g/mol. The van der Waals surface area contributed by atoms with Gasteiger partial charge in [0.15, 0.2) is 0 Å². The van der Waals surface area contributed by atoms with E-state index in [1.165, 1.54) is 0 Å². The Morgan fingerprint density at radius 1 is 0.619 bits per heavy atom. The fourth-order valence-corrected chi connectivity index (χ4v) is 9.38. The van der Waals surface area contributed by atoms with Gasteiger partial charge in [0.25, 0.3) is 0 Å². The molecular formula is C18H32OPRh. The number of rotatable bonds is 0. The Labute approximate surface area is 147 Å². The molecule has 0 aromatic carbocycles. The van der Waals surface area contributed by atoms with Crippen molar-refractivity contribution in [2.45, 2.75) is 77.8 Å². The maximum absolute atomic E-state index is 7.50. The van der Waals surface area contributed by atoms with E-state index < -0.39 is 0 Å². The predicted octanol–water partition coefficient (Wildman–Crippen LogP) is 6.14. The third-order valence-electron chi connectivity index (χ3n) is 2.57. The van der Waals surface area contributed by atoms with Gasteiger partial charge in [0.05, 0.1) is 0 Å². The molecule has 2 radical (unpaired) electrons. The third kappa shape index (κ3) is 12.5. The van der Waals surface area contributed by atoms with Crippen molar-refractivity contribution >= 4 is 7.92 Å². The van der Waals surface area contributed by atoms with Gasteiger partial charge in [-0.2, -0.15) is 0 Å². The van der Waals surface area contributed by atoms with Crippen molar-refractivity contribution in [2.75, 3.05) is 0 Å². The van der Waals surface area contributed by atoms with Crippen LogP contribution in [0.5, 0.6) is 0 Å². The van der Waals surface area contributed by atoms with Crippen LogP contribution in [0.4, 0.5) is 0 Å². The molecule has 0 N–H and O–H groups in total. The average Bonchev–Trinajstić information content (AvgIpc) is 2.69. The summed E-state index contributed by atoms with van der Waals surface area (Å²) in [6.07, 6.45) is 10.0. The van der Waals surface area contributed by atoms with E-state index in [0.29, 0.717) is 15.5 Å². The Bertz CT molecular complexity index is 292. The molecule has 124 valence electrons. The number of allylic oxidation sites excluding steroid dienone is 4. The molecule has 0 aromatic rings. The van der Waals surface area contributed by atoms with Crippen molar-refractivity contribution < 1.29 is 24.1 Å². The monoisotopic (exact) mass is 398 g/mol. The van der Waals surface area contributed by atoms with Crippen LogP contribution in [0.25, 0.3) is 0 Å². The topological polar surface area (TPSA) is 19.9 Å². The van der Waals surface area contributed by atoms with E-state index in [1.807, 2.05) is 30.7 Å². The molecule has 0 aliphatic heterocycles. The Morgan fingerprint density at radius 3 is 0.905 bits per heavy atom. The second-order valence-corrected chi connectivity index (χ2v) is 12.5. The van der Waals surface area contributed by atoms with Crippen molar-refractivity contribution in [3.8, 4) is 0 Å². The first kappa shape index (κ1) is 26.2. The first-order chi connectivity index (χ1) is 8.87. The van der Waals surface area contributed by atoms with E-state index in [-0.39, 0.29) is 27.4 Å². The molecule has 0 unspecified atom stereocenters. The summed E-state index contributed by atoms with van der Waals surface area (Å²) < 4.78 is 7.50. The Kier molecular flexibility index (Phi) is 13.6. The summed E-state index contributed by atoms with van der Waals surface area (Å²) in [5.41, 5.74) is 0. The standard InChI is InChI=1S/C12H27P.C5H5.CO.Rh/c1-10(2,3)13(11(4,5)6)12(7,8)9;1-2-4-5-3-1;1-2;/h1-9H3;1-5H;;. The van der Waals surface area contributed by atoms with Gasteiger partial charge >= 0.3 is 11.3 Å². The minimum atomic E-state index is 0. The van der Waals surface area contributed by atoms with Gasteiger partial charge in [0.1, 0.15) is 0 Å². The van der Waals surface area contributed by atoms with Crippen molar-refractivity contribution in [1.82, 2.24) is 0 Å². The van der Waals surface area contributed by atoms with Gasteiger partial charge in [-0.3, -0.25) is 0 Å². The van der Waals surface area contributed by atoms with Crippen LogP contribution < -0.4 is 0 Å². The minimum absolute atomic E-state index is 0. The van der Waals surface area contributed by atoms with Crippen LogP contribution in [0.3, 0.4) is 0 Å². The fraction of sp³-hybridized carbons (Fsp3) is 0.667. The zero-order valence-electron chi connectivity index (χ0n) is 15.1. The summed E-state index contributed by atoms with van der Waals surface area (Å²) in [5, 5.41) is 1.35. The van der Waals surface area contributed by atoms with Gasteiger partial charge in [-0.15, -0.1) is 0 Å². The van der Waals surface area contributed by atoms with Gasteiger partial charge in [0, 0.05) is 25.9 Å². The van der Waals surface area contributed by atoms with Crippen molar-refractivity contribution in [2.24, 2.45) is 0 Å². The maximum atomic E-state index is 7.50. The van der Waals surface area contributed by atoms with Crippen LogP contribution in [-0.4, -0.2) is 15.5 Å². The van der Waals surface area contributed by atoms with Crippen LogP contribution in [0, 0.1) is 13.1 Å². The molecule has 1 nitrogen and oxygen atoms in total. The van der Waals surface area contributed by atoms with Crippen molar-refractivity contribution in [3.05, 3.63) is 37.4 Å². The molecule has 0 heterocycles. The van der Waals surface area contributed by atoms with E-state index in [0.717, 1.165) is 0 Å². The second-order valence-electron chi connectivity index (χ2n) is 7.81. The first-order valence-corrected chi connectivity index (χ1v) is 8.38. The largest absolute Gasteiger partial charge is 0.0767 e. The smallest absolute Gasteiger partial charge is 0.00506 e. The quantitative estimate of drug-likeness (QED) is 0.202. The average molecular weight is 398 g/mol. The van der Waals surface area contributed by atoms with Gasteiger partial charge in [-0.05, 0) is 15.5 Å². The van der Waals surface area contributed by atoms with Crippen molar-refractivity contribution in [3.63, 3.8) is 0 Å². The van der Waals surface area contributed by atoms with Crippen LogP contribution in [-0.2, 0) is 24.1 Å². The van der Waals surface area contributed by atoms with E-state index >= 15 is 0 Å². The summed E-state index contributed by atoms with van der Waals surface area (Å²) in [6, 6.07) is 0. The Balaban J connectivity index is -0.000000336. The summed E-state index contributed by atoms with van der Waals surface area (Å²) in [5.74, 6) is 0. The SMILES string of the molecule is CC(C)(C)P(C(C)(C)C)C(C)(C)C.[C-]#[O+].[CH]1C=CC=C1.[Rh].